The smallest absolute Gasteiger partial charge is 0.410 e. The number of ether oxygens (including phenoxy) is 1. The molecule has 1 aliphatic heterocycles. The van der Waals surface area contributed by atoms with Crippen LogP contribution >= 0.6 is 0 Å². The Hall–Kier alpha value is -0.810. The zero-order valence-electron chi connectivity index (χ0n) is 12.8. The summed E-state index contributed by atoms with van der Waals surface area (Å²) in [5.74, 6) is 0.472. The van der Waals surface area contributed by atoms with Crippen molar-refractivity contribution in [2.75, 3.05) is 19.7 Å². The van der Waals surface area contributed by atoms with Crippen LogP contribution in [0.3, 0.4) is 0 Å². The molecule has 3 unspecified atom stereocenters. The molecule has 19 heavy (non-hydrogen) atoms. The lowest BCUT2D eigenvalue weighted by atomic mass is 9.74. The highest BCUT2D eigenvalue weighted by Crippen LogP contribution is 2.31. The number of hydrogen-bond donors (Lipinski definition) is 2. The van der Waals surface area contributed by atoms with Gasteiger partial charge < -0.3 is 20.5 Å². The van der Waals surface area contributed by atoms with Crippen LogP contribution in [0.5, 0.6) is 0 Å². The molecule has 1 rings (SSSR count). The molecular formula is C14H28N2O3. The standard InChI is InChI=1S/C14H28N2O3/c1-10-8-16(12(18)19-13(2,3)4)7-6-11(10)14(5,15)9-17/h10-11,17H,6-9,15H2,1-5H3. The van der Waals surface area contributed by atoms with Gasteiger partial charge in [-0.15, -0.1) is 0 Å². The molecule has 1 fully saturated rings. The first-order chi connectivity index (χ1) is 8.57. The van der Waals surface area contributed by atoms with Crippen LogP contribution in [-0.4, -0.2) is 46.9 Å². The fourth-order valence-electron chi connectivity index (χ4n) is 2.73. The SMILES string of the molecule is CC1CN(C(=O)OC(C)(C)C)CCC1C(C)(N)CO. The van der Waals surface area contributed by atoms with Gasteiger partial charge in [0.25, 0.3) is 0 Å². The van der Waals surface area contributed by atoms with Crippen molar-refractivity contribution < 1.29 is 14.6 Å². The molecule has 3 atom stereocenters. The molecule has 1 amide bonds. The zero-order valence-corrected chi connectivity index (χ0v) is 12.8. The van der Waals surface area contributed by atoms with E-state index in [9.17, 15) is 9.90 Å². The second kappa shape index (κ2) is 5.67. The molecule has 0 spiro atoms. The Bertz CT molecular complexity index is 323. The number of aliphatic hydroxyl groups is 1. The number of likely N-dealkylation sites (tertiary alicyclic amines) is 1. The summed E-state index contributed by atoms with van der Waals surface area (Å²) in [6, 6.07) is 0. The first kappa shape index (κ1) is 16.2. The molecular weight excluding hydrogens is 244 g/mol. The molecule has 1 aliphatic rings. The van der Waals surface area contributed by atoms with E-state index in [1.165, 1.54) is 0 Å². The van der Waals surface area contributed by atoms with Crippen molar-refractivity contribution >= 4 is 6.09 Å². The molecule has 0 saturated carbocycles. The molecule has 112 valence electrons. The van der Waals surface area contributed by atoms with Crippen molar-refractivity contribution in [1.82, 2.24) is 4.90 Å². The number of amides is 1. The summed E-state index contributed by atoms with van der Waals surface area (Å²) in [6.07, 6.45) is 0.536. The van der Waals surface area contributed by atoms with Crippen molar-refractivity contribution in [2.24, 2.45) is 17.6 Å². The Labute approximate surface area is 116 Å². The Kier molecular flexibility index (Phi) is 4.85. The van der Waals surface area contributed by atoms with Crippen LogP contribution < -0.4 is 5.73 Å². The third-order valence-electron chi connectivity index (χ3n) is 3.74. The van der Waals surface area contributed by atoms with Gasteiger partial charge >= 0.3 is 6.09 Å². The van der Waals surface area contributed by atoms with E-state index in [1.807, 2.05) is 27.7 Å². The summed E-state index contributed by atoms with van der Waals surface area (Å²) in [6.45, 7) is 10.8. The predicted molar refractivity (Wildman–Crippen MR) is 74.8 cm³/mol. The lowest BCUT2D eigenvalue weighted by Crippen LogP contribution is -2.56. The second-order valence-corrected chi connectivity index (χ2v) is 6.96. The van der Waals surface area contributed by atoms with Gasteiger partial charge in [0.05, 0.1) is 6.61 Å². The van der Waals surface area contributed by atoms with E-state index in [4.69, 9.17) is 10.5 Å². The number of hydrogen-bond acceptors (Lipinski definition) is 4. The molecule has 3 N–H and O–H groups in total. The van der Waals surface area contributed by atoms with E-state index >= 15 is 0 Å². The molecule has 0 aliphatic carbocycles. The molecule has 5 nitrogen and oxygen atoms in total. The van der Waals surface area contributed by atoms with Crippen LogP contribution in [0.2, 0.25) is 0 Å². The van der Waals surface area contributed by atoms with E-state index in [0.717, 1.165) is 6.42 Å². The Balaban J connectivity index is 2.61. The molecule has 0 bridgehead atoms. The van der Waals surface area contributed by atoms with Gasteiger partial charge in [0.15, 0.2) is 0 Å². The van der Waals surface area contributed by atoms with Crippen molar-refractivity contribution in [3.63, 3.8) is 0 Å². The van der Waals surface area contributed by atoms with E-state index in [-0.39, 0.29) is 24.5 Å². The van der Waals surface area contributed by atoms with Crippen LogP contribution in [0.25, 0.3) is 0 Å². The van der Waals surface area contributed by atoms with E-state index < -0.39 is 11.1 Å². The monoisotopic (exact) mass is 272 g/mol. The van der Waals surface area contributed by atoms with Crippen LogP contribution in [0.1, 0.15) is 41.0 Å². The summed E-state index contributed by atoms with van der Waals surface area (Å²) >= 11 is 0. The van der Waals surface area contributed by atoms with Crippen molar-refractivity contribution in [2.45, 2.75) is 52.2 Å². The van der Waals surface area contributed by atoms with Crippen LogP contribution in [0, 0.1) is 11.8 Å². The van der Waals surface area contributed by atoms with Gasteiger partial charge in [-0.2, -0.15) is 0 Å². The van der Waals surface area contributed by atoms with Crippen LogP contribution in [0.4, 0.5) is 4.79 Å². The Morgan fingerprint density at radius 3 is 2.42 bits per heavy atom. The van der Waals surface area contributed by atoms with Crippen LogP contribution in [0.15, 0.2) is 0 Å². The molecule has 1 saturated heterocycles. The lowest BCUT2D eigenvalue weighted by molar-refractivity contribution is 0.00106. The lowest BCUT2D eigenvalue weighted by Gasteiger charge is -2.43. The van der Waals surface area contributed by atoms with E-state index in [1.54, 1.807) is 4.90 Å². The molecule has 5 heteroatoms. The zero-order chi connectivity index (χ0) is 14.8. The summed E-state index contributed by atoms with van der Waals surface area (Å²) in [7, 11) is 0. The summed E-state index contributed by atoms with van der Waals surface area (Å²) in [5, 5.41) is 9.36. The number of aliphatic hydroxyl groups excluding tert-OH is 1. The molecule has 0 aromatic carbocycles. The average molecular weight is 272 g/mol. The maximum Gasteiger partial charge on any atom is 0.410 e. The summed E-state index contributed by atoms with van der Waals surface area (Å²) < 4.78 is 5.38. The predicted octanol–water partition coefficient (Wildman–Crippen LogP) is 1.59. The molecule has 0 radical (unpaired) electrons. The molecule has 0 aromatic rings. The quantitative estimate of drug-likeness (QED) is 0.800. The highest BCUT2D eigenvalue weighted by Gasteiger charge is 2.39. The molecule has 1 heterocycles. The molecule has 0 aromatic heterocycles. The number of piperidine rings is 1. The second-order valence-electron chi connectivity index (χ2n) is 6.96. The minimum Gasteiger partial charge on any atom is -0.444 e. The van der Waals surface area contributed by atoms with Gasteiger partial charge in [-0.1, -0.05) is 6.92 Å². The number of carbonyl (C=O) groups is 1. The largest absolute Gasteiger partial charge is 0.444 e. The highest BCUT2D eigenvalue weighted by atomic mass is 16.6. The Morgan fingerprint density at radius 2 is 2.00 bits per heavy atom. The topological polar surface area (TPSA) is 75.8 Å². The number of rotatable bonds is 2. The number of carbonyl (C=O) groups excluding carboxylic acids is 1. The maximum absolute atomic E-state index is 12.0. The number of nitrogens with two attached hydrogens (primary N) is 1. The third kappa shape index (κ3) is 4.35. The minimum absolute atomic E-state index is 0.0333. The highest BCUT2D eigenvalue weighted by molar-refractivity contribution is 5.68. The Morgan fingerprint density at radius 1 is 1.42 bits per heavy atom. The first-order valence-corrected chi connectivity index (χ1v) is 6.94. The van der Waals surface area contributed by atoms with Gasteiger partial charge in [0.2, 0.25) is 0 Å². The normalized spacial score (nSPS) is 27.8. The summed E-state index contributed by atoms with van der Waals surface area (Å²) in [4.78, 5) is 13.7. The van der Waals surface area contributed by atoms with Crippen LogP contribution in [-0.2, 0) is 4.74 Å². The van der Waals surface area contributed by atoms with Gasteiger partial charge in [0, 0.05) is 18.6 Å². The van der Waals surface area contributed by atoms with Gasteiger partial charge in [0.1, 0.15) is 5.60 Å². The minimum atomic E-state index is -0.584. The summed E-state index contributed by atoms with van der Waals surface area (Å²) in [5.41, 5.74) is 5.07. The fourth-order valence-corrected chi connectivity index (χ4v) is 2.73. The van der Waals surface area contributed by atoms with Gasteiger partial charge in [-0.25, -0.2) is 4.79 Å². The first-order valence-electron chi connectivity index (χ1n) is 6.94. The van der Waals surface area contributed by atoms with Crippen molar-refractivity contribution in [3.8, 4) is 0 Å². The average Bonchev–Trinajstić information content (AvgIpc) is 2.26. The van der Waals surface area contributed by atoms with Crippen molar-refractivity contribution in [3.05, 3.63) is 0 Å². The van der Waals surface area contributed by atoms with Crippen molar-refractivity contribution in [1.29, 1.82) is 0 Å². The van der Waals surface area contributed by atoms with Gasteiger partial charge in [-0.05, 0) is 46.0 Å². The van der Waals surface area contributed by atoms with Gasteiger partial charge in [-0.3, -0.25) is 0 Å². The number of nitrogens with zero attached hydrogens (tertiary/aromatic N) is 1. The fraction of sp³-hybridized carbons (Fsp3) is 0.929. The maximum atomic E-state index is 12.0. The van der Waals surface area contributed by atoms with E-state index in [2.05, 4.69) is 6.92 Å². The van der Waals surface area contributed by atoms with E-state index in [0.29, 0.717) is 13.1 Å². The third-order valence-corrected chi connectivity index (χ3v) is 3.74.